The van der Waals surface area contributed by atoms with Gasteiger partial charge in [0.15, 0.2) is 11.5 Å². The monoisotopic (exact) mass is 488 g/mol. The zero-order chi connectivity index (χ0) is 24.4. The first-order chi connectivity index (χ1) is 16.8. The first-order valence-corrected chi connectivity index (χ1v) is 12.2. The standard InChI is InChI=1S/C24H31F3N8/c25-24(26,27)16-3-1-2-15(12-16)13-35-10-8-19(9-11-35)31-22-20-21(30-14-29-20)33-23(34-22)32-18-6-4-17(28)5-7-18/h1-3,12,14,17-19H,4-11,13,28H2,(H3,29,30,31,32,33,34). The van der Waals surface area contributed by atoms with Gasteiger partial charge in [0.25, 0.3) is 0 Å². The van der Waals surface area contributed by atoms with Crippen LogP contribution in [0, 0.1) is 0 Å². The smallest absolute Gasteiger partial charge is 0.365 e. The van der Waals surface area contributed by atoms with Crippen molar-refractivity contribution in [2.45, 2.75) is 69.4 Å². The van der Waals surface area contributed by atoms with Crippen molar-refractivity contribution < 1.29 is 13.2 Å². The average molecular weight is 489 g/mol. The maximum Gasteiger partial charge on any atom is 0.416 e. The number of aromatic amines is 1. The molecule has 2 aromatic heterocycles. The molecule has 1 saturated heterocycles. The maximum absolute atomic E-state index is 13.0. The Morgan fingerprint density at radius 2 is 1.74 bits per heavy atom. The van der Waals surface area contributed by atoms with Crippen LogP contribution < -0.4 is 16.4 Å². The fraction of sp³-hybridized carbons (Fsp3) is 0.542. The van der Waals surface area contributed by atoms with Crippen LogP contribution in [0.3, 0.4) is 0 Å². The van der Waals surface area contributed by atoms with Gasteiger partial charge in [-0.3, -0.25) is 4.90 Å². The normalized spacial score (nSPS) is 22.4. The minimum atomic E-state index is -4.32. The molecule has 5 N–H and O–H groups in total. The number of hydrogen-bond donors (Lipinski definition) is 4. The van der Waals surface area contributed by atoms with Gasteiger partial charge in [-0.1, -0.05) is 18.2 Å². The van der Waals surface area contributed by atoms with Crippen LogP contribution >= 0.6 is 0 Å². The summed E-state index contributed by atoms with van der Waals surface area (Å²) in [7, 11) is 0. The Morgan fingerprint density at radius 1 is 1.00 bits per heavy atom. The van der Waals surface area contributed by atoms with Gasteiger partial charge in [-0.05, 0) is 50.2 Å². The number of nitrogens with zero attached hydrogens (tertiary/aromatic N) is 4. The van der Waals surface area contributed by atoms with E-state index in [0.29, 0.717) is 29.7 Å². The van der Waals surface area contributed by atoms with Crippen molar-refractivity contribution in [1.82, 2.24) is 24.8 Å². The van der Waals surface area contributed by atoms with Crippen LogP contribution in [-0.2, 0) is 12.7 Å². The van der Waals surface area contributed by atoms with Crippen molar-refractivity contribution in [3.05, 3.63) is 41.7 Å². The van der Waals surface area contributed by atoms with E-state index in [1.807, 2.05) is 0 Å². The van der Waals surface area contributed by atoms with Gasteiger partial charge in [-0.2, -0.15) is 23.1 Å². The number of fused-ring (bicyclic) bond motifs is 1. The first-order valence-electron chi connectivity index (χ1n) is 12.2. The predicted octanol–water partition coefficient (Wildman–Crippen LogP) is 4.13. The Labute approximate surface area is 201 Å². The quantitative estimate of drug-likeness (QED) is 0.413. The molecule has 0 atom stereocenters. The maximum atomic E-state index is 13.0. The number of halogens is 3. The molecule has 3 aromatic rings. The molecule has 0 amide bonds. The summed E-state index contributed by atoms with van der Waals surface area (Å²) >= 11 is 0. The van der Waals surface area contributed by atoms with Gasteiger partial charge in [-0.25, -0.2) is 4.98 Å². The van der Waals surface area contributed by atoms with E-state index < -0.39 is 11.7 Å². The molecule has 2 fully saturated rings. The Hall–Kier alpha value is -2.92. The Bertz CT molecular complexity index is 1130. The average Bonchev–Trinajstić information content (AvgIpc) is 3.31. The number of H-pyrrole nitrogens is 1. The molecule has 1 aliphatic carbocycles. The molecule has 0 radical (unpaired) electrons. The summed E-state index contributed by atoms with van der Waals surface area (Å²) in [6, 6.07) is 6.37. The van der Waals surface area contributed by atoms with Crippen LogP contribution in [-0.4, -0.2) is 56.1 Å². The summed E-state index contributed by atoms with van der Waals surface area (Å²) in [5.74, 6) is 1.29. The van der Waals surface area contributed by atoms with Crippen LogP contribution in [0.5, 0.6) is 0 Å². The number of rotatable bonds is 6. The van der Waals surface area contributed by atoms with E-state index in [1.165, 1.54) is 12.1 Å². The number of anilines is 2. The highest BCUT2D eigenvalue weighted by Crippen LogP contribution is 2.30. The molecule has 11 heteroatoms. The lowest BCUT2D eigenvalue weighted by molar-refractivity contribution is -0.137. The number of piperidine rings is 1. The second-order valence-corrected chi connectivity index (χ2v) is 9.65. The summed E-state index contributed by atoms with van der Waals surface area (Å²) in [6.07, 6.45) is 3.00. The van der Waals surface area contributed by atoms with Crippen LogP contribution in [0.4, 0.5) is 24.9 Å². The second-order valence-electron chi connectivity index (χ2n) is 9.65. The molecule has 5 rings (SSSR count). The number of imidazole rings is 1. The van der Waals surface area contributed by atoms with E-state index in [2.05, 4.69) is 30.5 Å². The SMILES string of the molecule is NC1CCC(Nc2nc(NC3CCN(Cc4cccc(C(F)(F)F)c4)CC3)c3[nH]cnc3n2)CC1. The topological polar surface area (TPSA) is 108 Å². The second kappa shape index (κ2) is 9.98. The minimum Gasteiger partial charge on any atom is -0.365 e. The highest BCUT2D eigenvalue weighted by molar-refractivity contribution is 5.83. The highest BCUT2D eigenvalue weighted by atomic mass is 19.4. The van der Waals surface area contributed by atoms with Crippen molar-refractivity contribution in [1.29, 1.82) is 0 Å². The molecule has 0 unspecified atom stereocenters. The van der Waals surface area contributed by atoms with Crippen LogP contribution in [0.15, 0.2) is 30.6 Å². The van der Waals surface area contributed by atoms with Gasteiger partial charge in [-0.15, -0.1) is 0 Å². The Morgan fingerprint density at radius 3 is 2.49 bits per heavy atom. The Balaban J connectivity index is 1.20. The Kier molecular flexibility index (Phi) is 6.79. The fourth-order valence-electron chi connectivity index (χ4n) is 4.98. The van der Waals surface area contributed by atoms with Crippen molar-refractivity contribution in [3.8, 4) is 0 Å². The molecule has 2 aliphatic rings. The van der Waals surface area contributed by atoms with Gasteiger partial charge in [0.1, 0.15) is 5.52 Å². The lowest BCUT2D eigenvalue weighted by Crippen LogP contribution is -2.39. The summed E-state index contributed by atoms with van der Waals surface area (Å²) < 4.78 is 39.1. The van der Waals surface area contributed by atoms with Crippen LogP contribution in [0.1, 0.15) is 49.7 Å². The van der Waals surface area contributed by atoms with Crippen LogP contribution in [0.25, 0.3) is 11.2 Å². The number of alkyl halides is 3. The van der Waals surface area contributed by atoms with Gasteiger partial charge < -0.3 is 21.4 Å². The van der Waals surface area contributed by atoms with E-state index in [9.17, 15) is 13.2 Å². The number of benzene rings is 1. The largest absolute Gasteiger partial charge is 0.416 e. The number of likely N-dealkylation sites (tertiary alicyclic amines) is 1. The molecule has 35 heavy (non-hydrogen) atoms. The van der Waals surface area contributed by atoms with E-state index in [4.69, 9.17) is 10.7 Å². The molecule has 8 nitrogen and oxygen atoms in total. The molecular formula is C24H31F3N8. The van der Waals surface area contributed by atoms with Gasteiger partial charge >= 0.3 is 6.18 Å². The van der Waals surface area contributed by atoms with Gasteiger partial charge in [0, 0.05) is 37.8 Å². The van der Waals surface area contributed by atoms with Gasteiger partial charge in [0.2, 0.25) is 5.95 Å². The molecule has 1 saturated carbocycles. The summed E-state index contributed by atoms with van der Waals surface area (Å²) in [4.78, 5) is 19.0. The number of hydrogen-bond acceptors (Lipinski definition) is 7. The van der Waals surface area contributed by atoms with Crippen molar-refractivity contribution in [3.63, 3.8) is 0 Å². The third-order valence-corrected chi connectivity index (χ3v) is 6.98. The highest BCUT2D eigenvalue weighted by Gasteiger charge is 2.30. The fourth-order valence-corrected chi connectivity index (χ4v) is 4.98. The molecule has 1 aromatic carbocycles. The molecule has 0 spiro atoms. The lowest BCUT2D eigenvalue weighted by atomic mass is 9.92. The zero-order valence-corrected chi connectivity index (χ0v) is 19.5. The summed E-state index contributed by atoms with van der Waals surface area (Å²) in [6.45, 7) is 2.09. The minimum absolute atomic E-state index is 0.203. The molecular weight excluding hydrogens is 457 g/mol. The van der Waals surface area contributed by atoms with E-state index >= 15 is 0 Å². The zero-order valence-electron chi connectivity index (χ0n) is 19.5. The van der Waals surface area contributed by atoms with Crippen molar-refractivity contribution >= 4 is 22.9 Å². The van der Waals surface area contributed by atoms with Crippen molar-refractivity contribution in [2.75, 3.05) is 23.7 Å². The molecule has 3 heterocycles. The molecule has 188 valence electrons. The number of nitrogens with one attached hydrogen (secondary N) is 3. The lowest BCUT2D eigenvalue weighted by Gasteiger charge is -2.33. The number of aromatic nitrogens is 4. The molecule has 1 aliphatic heterocycles. The van der Waals surface area contributed by atoms with Crippen molar-refractivity contribution in [2.24, 2.45) is 5.73 Å². The predicted molar refractivity (Wildman–Crippen MR) is 129 cm³/mol. The van der Waals surface area contributed by atoms with Gasteiger partial charge in [0.05, 0.1) is 11.9 Å². The van der Waals surface area contributed by atoms with E-state index in [0.717, 1.165) is 69.0 Å². The molecule has 0 bridgehead atoms. The first kappa shape index (κ1) is 23.8. The third kappa shape index (κ3) is 5.84. The third-order valence-electron chi connectivity index (χ3n) is 6.98. The van der Waals surface area contributed by atoms with E-state index in [-0.39, 0.29) is 12.1 Å². The van der Waals surface area contributed by atoms with Crippen LogP contribution in [0.2, 0.25) is 0 Å². The summed E-state index contributed by atoms with van der Waals surface area (Å²) in [5.41, 5.74) is 7.49. The number of nitrogens with two attached hydrogens (primary N) is 1. The summed E-state index contributed by atoms with van der Waals surface area (Å²) in [5, 5.41) is 7.00. The van der Waals surface area contributed by atoms with E-state index in [1.54, 1.807) is 12.4 Å².